The lowest BCUT2D eigenvalue weighted by Gasteiger charge is -2.18. The van der Waals surface area contributed by atoms with Crippen molar-refractivity contribution in [2.75, 3.05) is 0 Å². The van der Waals surface area contributed by atoms with E-state index in [9.17, 15) is 14.9 Å². The molecule has 0 N–H and O–H groups in total. The van der Waals surface area contributed by atoms with Crippen molar-refractivity contribution in [3.05, 3.63) is 227 Å². The van der Waals surface area contributed by atoms with Crippen molar-refractivity contribution in [3.8, 4) is 51.0 Å². The van der Waals surface area contributed by atoms with E-state index in [1.54, 1.807) is 36.4 Å². The zero-order chi connectivity index (χ0) is 41.5. The summed E-state index contributed by atoms with van der Waals surface area (Å²) >= 11 is 0. The van der Waals surface area contributed by atoms with Gasteiger partial charge in [0.2, 0.25) is 5.75 Å². The van der Waals surface area contributed by atoms with Crippen molar-refractivity contribution >= 4 is 33.2 Å². The molecule has 0 atom stereocenters. The van der Waals surface area contributed by atoms with Gasteiger partial charge in [0.15, 0.2) is 0 Å². The van der Waals surface area contributed by atoms with E-state index in [0.29, 0.717) is 28.6 Å². The minimum Gasteiger partial charge on any atom is -0.482 e. The molecular weight excluding hydrogens is 763 g/mol. The van der Waals surface area contributed by atoms with E-state index in [4.69, 9.17) is 18.9 Å². The topological polar surface area (TPSA) is 97.1 Å². The number of rotatable bonds is 13. The lowest BCUT2D eigenvalue weighted by molar-refractivity contribution is -0.386. The summed E-state index contributed by atoms with van der Waals surface area (Å²) in [6.07, 6.45) is 0. The van der Waals surface area contributed by atoms with Crippen molar-refractivity contribution in [1.29, 1.82) is 0 Å². The maximum atomic E-state index is 12.6. The molecule has 0 saturated carbocycles. The monoisotopic (exact) mass is 799 g/mol. The van der Waals surface area contributed by atoms with E-state index in [1.165, 1.54) is 6.07 Å². The second-order valence-electron chi connectivity index (χ2n) is 14.3. The minimum absolute atomic E-state index is 0.132. The molecule has 9 rings (SSSR count). The summed E-state index contributed by atoms with van der Waals surface area (Å²) in [5, 5.41) is 16.2. The molecule has 9 aromatic rings. The second kappa shape index (κ2) is 17.3. The first kappa shape index (κ1) is 38.3. The van der Waals surface area contributed by atoms with Gasteiger partial charge in [-0.1, -0.05) is 133 Å². The summed E-state index contributed by atoms with van der Waals surface area (Å²) in [6.45, 7) is 0.398. The number of hydrogen-bond acceptors (Lipinski definition) is 7. The number of esters is 1. The first-order chi connectivity index (χ1) is 30.0. The Balaban J connectivity index is 0.950. The summed E-state index contributed by atoms with van der Waals surface area (Å²) in [5.41, 5.74) is 6.42. The number of fused-ring (bicyclic) bond motifs is 2. The minimum atomic E-state index is -0.458. The molecule has 0 radical (unpaired) electrons. The van der Waals surface area contributed by atoms with Crippen molar-refractivity contribution in [3.63, 3.8) is 0 Å². The van der Waals surface area contributed by atoms with Crippen LogP contribution in [-0.2, 0) is 18.0 Å². The Kier molecular flexibility index (Phi) is 10.9. The highest BCUT2D eigenvalue weighted by Gasteiger charge is 2.19. The zero-order valence-corrected chi connectivity index (χ0v) is 32.8. The fourth-order valence-electron chi connectivity index (χ4n) is 7.43. The molecule has 0 unspecified atom stereocenters. The van der Waals surface area contributed by atoms with Gasteiger partial charge in [-0.3, -0.25) is 10.1 Å². The van der Waals surface area contributed by atoms with Crippen LogP contribution in [0, 0.1) is 10.1 Å². The number of nitro benzene ring substituents is 1. The fourth-order valence-corrected chi connectivity index (χ4v) is 7.43. The number of nitro groups is 1. The number of ether oxygens (including phenoxy) is 4. The van der Waals surface area contributed by atoms with Crippen LogP contribution in [0.1, 0.15) is 21.5 Å². The van der Waals surface area contributed by atoms with Crippen LogP contribution in [-0.4, -0.2) is 10.9 Å². The predicted octanol–water partition coefficient (Wildman–Crippen LogP) is 13.8. The molecule has 0 amide bonds. The van der Waals surface area contributed by atoms with Gasteiger partial charge in [-0.15, -0.1) is 0 Å². The maximum absolute atomic E-state index is 12.6. The fraction of sp³-hybridized carbons (Fsp3) is 0.0377. The van der Waals surface area contributed by atoms with Gasteiger partial charge < -0.3 is 18.9 Å². The average molecular weight is 800 g/mol. The number of nitrogens with zero attached hydrogens (tertiary/aromatic N) is 1. The smallest absolute Gasteiger partial charge is 0.338 e. The Hall–Kier alpha value is -8.23. The van der Waals surface area contributed by atoms with Crippen LogP contribution in [0.5, 0.6) is 28.7 Å². The van der Waals surface area contributed by atoms with Gasteiger partial charge in [0.05, 0.1) is 10.5 Å². The summed E-state index contributed by atoms with van der Waals surface area (Å²) in [4.78, 5) is 23.9. The van der Waals surface area contributed by atoms with E-state index >= 15 is 0 Å². The number of benzene rings is 9. The van der Waals surface area contributed by atoms with Gasteiger partial charge in [0, 0.05) is 12.1 Å². The molecule has 296 valence electrons. The van der Waals surface area contributed by atoms with E-state index < -0.39 is 10.9 Å². The molecule has 0 saturated heterocycles. The summed E-state index contributed by atoms with van der Waals surface area (Å²) in [5.74, 6) is 2.02. The van der Waals surface area contributed by atoms with Gasteiger partial charge in [-0.05, 0) is 110 Å². The Morgan fingerprint density at radius 2 is 0.869 bits per heavy atom. The molecule has 9 aromatic carbocycles. The van der Waals surface area contributed by atoms with E-state index in [0.717, 1.165) is 54.9 Å². The molecule has 0 spiro atoms. The number of carbonyl (C=O) groups is 1. The molecule has 61 heavy (non-hydrogen) atoms. The standard InChI is InChI=1S/C53H37NO7/c55-53(59-35-37-13-5-2-6-14-37)40-23-29-42(30-24-40)60-41-25-19-38(20-26-41)51-45-15-7-9-17-47(45)52(48-18-10-8-16-46(48)51)39-21-27-43(28-22-39)61-44-31-32-49(54(56)57)50(33-44)58-34-36-11-3-1-4-12-36/h1-33H,34-35H2. The quantitative estimate of drug-likeness (QED) is 0.0496. The Morgan fingerprint density at radius 1 is 0.459 bits per heavy atom. The van der Waals surface area contributed by atoms with Crippen LogP contribution in [0.2, 0.25) is 0 Å². The Bertz CT molecular complexity index is 2930. The zero-order valence-electron chi connectivity index (χ0n) is 32.8. The summed E-state index contributed by atoms with van der Waals surface area (Å²) in [7, 11) is 0. The lowest BCUT2D eigenvalue weighted by atomic mass is 9.86. The van der Waals surface area contributed by atoms with Crippen molar-refractivity contribution in [2.24, 2.45) is 0 Å². The molecule has 0 aliphatic heterocycles. The second-order valence-corrected chi connectivity index (χ2v) is 14.3. The molecular formula is C53H37NO7. The molecule has 0 heterocycles. The number of carbonyl (C=O) groups excluding carboxylic acids is 1. The van der Waals surface area contributed by atoms with Gasteiger partial charge in [-0.2, -0.15) is 0 Å². The van der Waals surface area contributed by atoms with Crippen molar-refractivity contribution in [2.45, 2.75) is 13.2 Å². The van der Waals surface area contributed by atoms with E-state index in [1.807, 2.05) is 97.1 Å². The predicted molar refractivity (Wildman–Crippen MR) is 238 cm³/mol. The Morgan fingerprint density at radius 3 is 1.34 bits per heavy atom. The molecule has 8 heteroatoms. The molecule has 0 bridgehead atoms. The third-order valence-electron chi connectivity index (χ3n) is 10.4. The van der Waals surface area contributed by atoms with Gasteiger partial charge >= 0.3 is 11.7 Å². The van der Waals surface area contributed by atoms with Crippen LogP contribution in [0.25, 0.3) is 43.8 Å². The van der Waals surface area contributed by atoms with Gasteiger partial charge in [0.1, 0.15) is 36.2 Å². The molecule has 0 aromatic heterocycles. The third kappa shape index (κ3) is 8.51. The highest BCUT2D eigenvalue weighted by atomic mass is 16.6. The number of hydrogen-bond donors (Lipinski definition) is 0. The first-order valence-electron chi connectivity index (χ1n) is 19.7. The van der Waals surface area contributed by atoms with Crippen LogP contribution in [0.15, 0.2) is 200 Å². The Labute approximate surface area is 352 Å². The average Bonchev–Trinajstić information content (AvgIpc) is 3.31. The summed E-state index contributed by atoms with van der Waals surface area (Å²) < 4.78 is 23.7. The van der Waals surface area contributed by atoms with Gasteiger partial charge in [-0.25, -0.2) is 4.79 Å². The van der Waals surface area contributed by atoms with Crippen LogP contribution in [0.4, 0.5) is 5.69 Å². The van der Waals surface area contributed by atoms with Crippen molar-refractivity contribution in [1.82, 2.24) is 0 Å². The van der Waals surface area contributed by atoms with E-state index in [-0.39, 0.29) is 24.7 Å². The van der Waals surface area contributed by atoms with Crippen LogP contribution < -0.4 is 14.2 Å². The largest absolute Gasteiger partial charge is 0.482 e. The highest BCUT2D eigenvalue weighted by Crippen LogP contribution is 2.44. The van der Waals surface area contributed by atoms with Crippen LogP contribution >= 0.6 is 0 Å². The van der Waals surface area contributed by atoms with Crippen molar-refractivity contribution < 1.29 is 28.7 Å². The highest BCUT2D eigenvalue weighted by molar-refractivity contribution is 6.21. The molecule has 0 aliphatic carbocycles. The SMILES string of the molecule is O=C(OCc1ccccc1)c1ccc(Oc2ccc(-c3c4ccccc4c(-c4ccc(Oc5ccc([N+](=O)[O-])c(OCc6ccccc6)c5)cc4)c4ccccc34)cc2)cc1. The van der Waals surface area contributed by atoms with Crippen LogP contribution in [0.3, 0.4) is 0 Å². The molecule has 8 nitrogen and oxygen atoms in total. The maximum Gasteiger partial charge on any atom is 0.338 e. The lowest BCUT2D eigenvalue weighted by Crippen LogP contribution is -2.05. The third-order valence-corrected chi connectivity index (χ3v) is 10.4. The molecule has 0 aliphatic rings. The molecule has 0 fully saturated rings. The first-order valence-corrected chi connectivity index (χ1v) is 19.7. The summed E-state index contributed by atoms with van der Waals surface area (Å²) in [6, 6.07) is 63.3. The van der Waals surface area contributed by atoms with E-state index in [2.05, 4.69) is 60.7 Å². The van der Waals surface area contributed by atoms with Gasteiger partial charge in [0.25, 0.3) is 0 Å². The normalized spacial score (nSPS) is 11.0.